The van der Waals surface area contributed by atoms with Gasteiger partial charge in [-0.05, 0) is 12.2 Å². The van der Waals surface area contributed by atoms with E-state index in [4.69, 9.17) is 4.74 Å². The molecule has 0 rings (SSSR count). The molecule has 0 aliphatic carbocycles. The van der Waals surface area contributed by atoms with Crippen molar-refractivity contribution in [1.82, 2.24) is 4.72 Å². The molecule has 5 nitrogen and oxygen atoms in total. The van der Waals surface area contributed by atoms with Crippen LogP contribution < -0.4 is 4.72 Å². The van der Waals surface area contributed by atoms with Gasteiger partial charge in [0, 0.05) is 25.8 Å². The SMILES string of the molecule is CCCCCCCCCCCCCCCCSCC(CNS(=O)(=O)CCC[N+](C)(C)C)OC. The van der Waals surface area contributed by atoms with E-state index < -0.39 is 10.0 Å². The van der Waals surface area contributed by atoms with Crippen LogP contribution in [0.5, 0.6) is 0 Å². The minimum Gasteiger partial charge on any atom is -0.379 e. The van der Waals surface area contributed by atoms with Crippen LogP contribution in [0, 0.1) is 0 Å². The van der Waals surface area contributed by atoms with Crippen LogP contribution in [-0.2, 0) is 14.8 Å². The van der Waals surface area contributed by atoms with Crippen molar-refractivity contribution in [2.24, 2.45) is 0 Å². The van der Waals surface area contributed by atoms with E-state index in [1.165, 1.54) is 89.9 Å². The Hall–Kier alpha value is 0.180. The molecule has 200 valence electrons. The largest absolute Gasteiger partial charge is 0.379 e. The first-order valence-electron chi connectivity index (χ1n) is 13.6. The van der Waals surface area contributed by atoms with Gasteiger partial charge in [0.05, 0.1) is 39.5 Å². The maximum Gasteiger partial charge on any atom is 0.211 e. The number of hydrogen-bond acceptors (Lipinski definition) is 4. The molecule has 0 bridgehead atoms. The second-order valence-electron chi connectivity index (χ2n) is 10.6. The highest BCUT2D eigenvalue weighted by Gasteiger charge is 2.16. The minimum absolute atomic E-state index is 0.0604. The standard InChI is InChI=1S/C26H57N2O3S2/c1-6-7-8-9-10-11-12-13-14-15-16-17-18-19-22-32-25-26(31-5)24-27-33(29,30)23-20-21-28(2,3)4/h26-27H,6-25H2,1-5H3/q+1. The van der Waals surface area contributed by atoms with Gasteiger partial charge >= 0.3 is 0 Å². The number of quaternary nitrogens is 1. The van der Waals surface area contributed by atoms with Crippen molar-refractivity contribution in [2.45, 2.75) is 109 Å². The van der Waals surface area contributed by atoms with Gasteiger partial charge in [0.1, 0.15) is 0 Å². The predicted molar refractivity (Wildman–Crippen MR) is 148 cm³/mol. The Morgan fingerprint density at radius 1 is 0.788 bits per heavy atom. The van der Waals surface area contributed by atoms with Crippen LogP contribution in [0.25, 0.3) is 0 Å². The molecule has 0 aromatic rings. The number of ether oxygens (including phenoxy) is 1. The molecule has 0 aromatic heterocycles. The number of sulfonamides is 1. The van der Waals surface area contributed by atoms with Gasteiger partial charge in [0.15, 0.2) is 0 Å². The van der Waals surface area contributed by atoms with Crippen LogP contribution in [0.3, 0.4) is 0 Å². The highest BCUT2D eigenvalue weighted by atomic mass is 32.2. The number of thioether (sulfide) groups is 1. The van der Waals surface area contributed by atoms with Crippen LogP contribution >= 0.6 is 11.8 Å². The average molecular weight is 510 g/mol. The van der Waals surface area contributed by atoms with Crippen molar-refractivity contribution in [3.05, 3.63) is 0 Å². The number of hydrogen-bond donors (Lipinski definition) is 1. The Labute approximate surface area is 211 Å². The molecule has 7 heteroatoms. The zero-order valence-electron chi connectivity index (χ0n) is 22.7. The number of methoxy groups -OCH3 is 1. The number of unbranched alkanes of at least 4 members (excludes halogenated alkanes) is 13. The number of nitrogens with one attached hydrogen (secondary N) is 1. The summed E-state index contributed by atoms with van der Waals surface area (Å²) in [5.74, 6) is 2.16. The number of rotatable bonds is 25. The van der Waals surface area contributed by atoms with E-state index >= 15 is 0 Å². The van der Waals surface area contributed by atoms with Gasteiger partial charge in [-0.2, -0.15) is 11.8 Å². The Bertz CT molecular complexity index is 522. The van der Waals surface area contributed by atoms with E-state index in [1.54, 1.807) is 7.11 Å². The quantitative estimate of drug-likeness (QED) is 0.117. The van der Waals surface area contributed by atoms with Crippen molar-refractivity contribution < 1.29 is 17.6 Å². The predicted octanol–water partition coefficient (Wildman–Crippen LogP) is 6.23. The smallest absolute Gasteiger partial charge is 0.211 e. The molecule has 0 aliphatic rings. The van der Waals surface area contributed by atoms with E-state index in [2.05, 4.69) is 32.8 Å². The van der Waals surface area contributed by atoms with Crippen LogP contribution in [0.1, 0.15) is 103 Å². The zero-order valence-corrected chi connectivity index (χ0v) is 24.3. The van der Waals surface area contributed by atoms with Crippen molar-refractivity contribution in [3.63, 3.8) is 0 Å². The highest BCUT2D eigenvalue weighted by Crippen LogP contribution is 2.14. The minimum atomic E-state index is -3.22. The summed E-state index contributed by atoms with van der Waals surface area (Å²) in [6.45, 7) is 3.50. The molecule has 1 unspecified atom stereocenters. The molecule has 33 heavy (non-hydrogen) atoms. The monoisotopic (exact) mass is 509 g/mol. The molecule has 0 heterocycles. The summed E-state index contributed by atoms with van der Waals surface area (Å²) < 4.78 is 33.3. The van der Waals surface area contributed by atoms with E-state index in [-0.39, 0.29) is 11.9 Å². The molecule has 1 atom stereocenters. The van der Waals surface area contributed by atoms with Crippen LogP contribution in [0.4, 0.5) is 0 Å². The molecule has 0 spiro atoms. The Morgan fingerprint density at radius 2 is 1.27 bits per heavy atom. The summed E-state index contributed by atoms with van der Waals surface area (Å²) in [6.07, 6.45) is 20.0. The highest BCUT2D eigenvalue weighted by molar-refractivity contribution is 7.99. The van der Waals surface area contributed by atoms with E-state index in [0.29, 0.717) is 13.0 Å². The first-order valence-corrected chi connectivity index (χ1v) is 16.4. The fourth-order valence-electron chi connectivity index (χ4n) is 3.84. The first-order chi connectivity index (χ1) is 15.7. The Morgan fingerprint density at radius 3 is 1.73 bits per heavy atom. The fourth-order valence-corrected chi connectivity index (χ4v) is 6.03. The second kappa shape index (κ2) is 21.5. The van der Waals surface area contributed by atoms with Crippen molar-refractivity contribution >= 4 is 21.8 Å². The van der Waals surface area contributed by atoms with Crippen molar-refractivity contribution in [1.29, 1.82) is 0 Å². The molecular formula is C26H57N2O3S2+. The third-order valence-electron chi connectivity index (χ3n) is 6.05. The second-order valence-corrected chi connectivity index (χ2v) is 13.6. The topological polar surface area (TPSA) is 55.4 Å². The molecule has 0 radical (unpaired) electrons. The van der Waals surface area contributed by atoms with Crippen molar-refractivity contribution in [3.8, 4) is 0 Å². The van der Waals surface area contributed by atoms with Crippen LogP contribution in [-0.4, -0.2) is 77.6 Å². The van der Waals surface area contributed by atoms with Gasteiger partial charge in [-0.15, -0.1) is 0 Å². The molecule has 0 saturated carbocycles. The van der Waals surface area contributed by atoms with Gasteiger partial charge in [-0.3, -0.25) is 0 Å². The van der Waals surface area contributed by atoms with Gasteiger partial charge in [0.25, 0.3) is 0 Å². The lowest BCUT2D eigenvalue weighted by Gasteiger charge is -2.23. The van der Waals surface area contributed by atoms with Crippen molar-refractivity contribution in [2.75, 3.05) is 58.6 Å². The normalized spacial score (nSPS) is 13.5. The maximum absolute atomic E-state index is 12.2. The average Bonchev–Trinajstić information content (AvgIpc) is 2.74. The third-order valence-corrected chi connectivity index (χ3v) is 8.67. The lowest BCUT2D eigenvalue weighted by atomic mass is 10.0. The molecule has 1 N–H and O–H groups in total. The maximum atomic E-state index is 12.2. The lowest BCUT2D eigenvalue weighted by Crippen LogP contribution is -2.39. The summed E-state index contributed by atoms with van der Waals surface area (Å²) in [7, 11) is 4.69. The Balaban J connectivity index is 3.54. The van der Waals surface area contributed by atoms with Crippen LogP contribution in [0.2, 0.25) is 0 Å². The van der Waals surface area contributed by atoms with Gasteiger partial charge in [-0.25, -0.2) is 13.1 Å². The molecule has 0 fully saturated rings. The van der Waals surface area contributed by atoms with Crippen LogP contribution in [0.15, 0.2) is 0 Å². The Kier molecular flexibility index (Phi) is 21.6. The summed E-state index contributed by atoms with van der Waals surface area (Å²) in [6, 6.07) is 0. The summed E-state index contributed by atoms with van der Waals surface area (Å²) in [5.41, 5.74) is 0. The van der Waals surface area contributed by atoms with E-state index in [0.717, 1.165) is 22.5 Å². The van der Waals surface area contributed by atoms with E-state index in [9.17, 15) is 8.42 Å². The van der Waals surface area contributed by atoms with Gasteiger partial charge in [0.2, 0.25) is 10.0 Å². The summed E-state index contributed by atoms with van der Waals surface area (Å²) >= 11 is 1.88. The molecule has 0 saturated heterocycles. The molecule has 0 aliphatic heterocycles. The molecular weight excluding hydrogens is 452 g/mol. The first kappa shape index (κ1) is 33.2. The van der Waals surface area contributed by atoms with Gasteiger partial charge < -0.3 is 9.22 Å². The summed E-state index contributed by atoms with van der Waals surface area (Å²) in [5, 5.41) is 0. The number of nitrogens with zero attached hydrogens (tertiary/aromatic N) is 1. The molecule has 0 amide bonds. The summed E-state index contributed by atoms with van der Waals surface area (Å²) in [4.78, 5) is 0. The van der Waals surface area contributed by atoms with Gasteiger partial charge in [-0.1, -0.05) is 90.4 Å². The zero-order chi connectivity index (χ0) is 24.8. The molecule has 0 aromatic carbocycles. The lowest BCUT2D eigenvalue weighted by molar-refractivity contribution is -0.870. The third kappa shape index (κ3) is 25.1. The van der Waals surface area contributed by atoms with E-state index in [1.807, 2.05) is 11.8 Å². The fraction of sp³-hybridized carbons (Fsp3) is 1.00.